The zero-order valence-electron chi connectivity index (χ0n) is 14.7. The Hall–Kier alpha value is -2.64. The monoisotopic (exact) mass is 325 g/mol. The van der Waals surface area contributed by atoms with Gasteiger partial charge in [0.1, 0.15) is 0 Å². The third kappa shape index (κ3) is 2.71. The van der Waals surface area contributed by atoms with Crippen LogP contribution in [0.4, 0.5) is 0 Å². The second kappa shape index (κ2) is 6.02. The minimum absolute atomic E-state index is 0.148. The van der Waals surface area contributed by atoms with Gasteiger partial charge >= 0.3 is 0 Å². The highest BCUT2D eigenvalue weighted by molar-refractivity contribution is 5.64. The lowest BCUT2D eigenvalue weighted by atomic mass is 9.75. The van der Waals surface area contributed by atoms with Crippen molar-refractivity contribution in [3.8, 4) is 0 Å². The smallest absolute Gasteiger partial charge is 0.0960 e. The summed E-state index contributed by atoms with van der Waals surface area (Å²) < 4.78 is 0. The van der Waals surface area contributed by atoms with Gasteiger partial charge in [-0.1, -0.05) is 97.1 Å². The van der Waals surface area contributed by atoms with Gasteiger partial charge < -0.3 is 0 Å². The van der Waals surface area contributed by atoms with E-state index in [2.05, 4.69) is 116 Å². The normalized spacial score (nSPS) is 17.5. The first-order valence-corrected chi connectivity index (χ1v) is 8.81. The van der Waals surface area contributed by atoms with Crippen LogP contribution in [0.5, 0.6) is 0 Å². The third-order valence-electron chi connectivity index (χ3n) is 4.97. The van der Waals surface area contributed by atoms with Crippen molar-refractivity contribution in [1.82, 2.24) is 5.32 Å². The molecule has 0 aliphatic carbocycles. The van der Waals surface area contributed by atoms with Gasteiger partial charge in [-0.3, -0.25) is 5.32 Å². The molecule has 1 heteroatoms. The minimum atomic E-state index is -0.397. The molecule has 0 unspecified atom stereocenters. The Morgan fingerprint density at radius 2 is 1.16 bits per heavy atom. The quantitative estimate of drug-likeness (QED) is 0.667. The first-order valence-electron chi connectivity index (χ1n) is 8.81. The van der Waals surface area contributed by atoms with Crippen LogP contribution < -0.4 is 5.32 Å². The molecule has 124 valence electrons. The Bertz CT molecular complexity index is 852. The first-order chi connectivity index (χ1) is 12.1. The topological polar surface area (TPSA) is 12.0 Å². The Kier molecular flexibility index (Phi) is 3.82. The number of fused-ring (bicyclic) bond motifs is 1. The number of hydrogen-bond donors (Lipinski definition) is 1. The molecule has 0 bridgehead atoms. The fourth-order valence-electron chi connectivity index (χ4n) is 3.87. The van der Waals surface area contributed by atoms with Gasteiger partial charge in [0.05, 0.1) is 5.54 Å². The molecular weight excluding hydrogens is 302 g/mol. The SMILES string of the molecule is CC1(C)C=Cc2ccccc2C(c2ccccc2)(c2ccccc2)N1. The van der Waals surface area contributed by atoms with Crippen molar-refractivity contribution in [1.29, 1.82) is 0 Å². The maximum Gasteiger partial charge on any atom is 0.0960 e. The molecule has 1 heterocycles. The van der Waals surface area contributed by atoms with E-state index in [1.807, 2.05) is 0 Å². The second-order valence-electron chi connectivity index (χ2n) is 7.25. The lowest BCUT2D eigenvalue weighted by molar-refractivity contribution is 0.362. The highest BCUT2D eigenvalue weighted by atomic mass is 15.1. The van der Waals surface area contributed by atoms with E-state index < -0.39 is 5.54 Å². The summed E-state index contributed by atoms with van der Waals surface area (Å²) in [6.45, 7) is 4.46. The van der Waals surface area contributed by atoms with Gasteiger partial charge in [0.2, 0.25) is 0 Å². The molecule has 0 radical (unpaired) electrons. The van der Waals surface area contributed by atoms with Gasteiger partial charge in [-0.05, 0) is 36.1 Å². The molecule has 25 heavy (non-hydrogen) atoms. The van der Waals surface area contributed by atoms with Crippen LogP contribution in [0, 0.1) is 0 Å². The summed E-state index contributed by atoms with van der Waals surface area (Å²) in [4.78, 5) is 0. The maximum absolute atomic E-state index is 3.97. The van der Waals surface area contributed by atoms with Crippen LogP contribution in [0.2, 0.25) is 0 Å². The van der Waals surface area contributed by atoms with Gasteiger partial charge in [0.25, 0.3) is 0 Å². The first kappa shape index (κ1) is 15.9. The Balaban J connectivity index is 2.10. The highest BCUT2D eigenvalue weighted by Crippen LogP contribution is 2.42. The van der Waals surface area contributed by atoms with Crippen LogP contribution in [0.15, 0.2) is 91.0 Å². The molecule has 1 nitrogen and oxygen atoms in total. The Morgan fingerprint density at radius 3 is 1.76 bits per heavy atom. The molecule has 0 amide bonds. The Morgan fingerprint density at radius 1 is 0.640 bits per heavy atom. The van der Waals surface area contributed by atoms with Gasteiger partial charge in [-0.25, -0.2) is 0 Å². The lowest BCUT2D eigenvalue weighted by Gasteiger charge is -2.42. The van der Waals surface area contributed by atoms with Crippen molar-refractivity contribution in [2.75, 3.05) is 0 Å². The van der Waals surface area contributed by atoms with Gasteiger partial charge in [0, 0.05) is 5.54 Å². The van der Waals surface area contributed by atoms with Crippen LogP contribution in [-0.2, 0) is 5.54 Å². The molecule has 1 aliphatic heterocycles. The van der Waals surface area contributed by atoms with E-state index in [1.165, 1.54) is 22.3 Å². The summed E-state index contributed by atoms with van der Waals surface area (Å²) >= 11 is 0. The summed E-state index contributed by atoms with van der Waals surface area (Å²) in [5.41, 5.74) is 4.51. The predicted octanol–water partition coefficient (Wildman–Crippen LogP) is 5.37. The molecule has 0 spiro atoms. The average molecular weight is 325 g/mol. The molecule has 3 aromatic carbocycles. The fraction of sp³-hybridized carbons (Fsp3) is 0.167. The molecule has 1 aliphatic rings. The van der Waals surface area contributed by atoms with E-state index in [9.17, 15) is 0 Å². The second-order valence-corrected chi connectivity index (χ2v) is 7.25. The summed E-state index contributed by atoms with van der Waals surface area (Å²) in [6, 6.07) is 30.2. The van der Waals surface area contributed by atoms with Crippen molar-refractivity contribution < 1.29 is 0 Å². The molecular formula is C24H23N. The van der Waals surface area contributed by atoms with Crippen LogP contribution >= 0.6 is 0 Å². The average Bonchev–Trinajstić information content (AvgIpc) is 2.78. The van der Waals surface area contributed by atoms with E-state index in [1.54, 1.807) is 0 Å². The van der Waals surface area contributed by atoms with E-state index in [0.717, 1.165) is 0 Å². The van der Waals surface area contributed by atoms with Crippen molar-refractivity contribution in [2.45, 2.75) is 24.9 Å². The lowest BCUT2D eigenvalue weighted by Crippen LogP contribution is -2.53. The standard InChI is InChI=1S/C24H23N/c1-23(2)18-17-19-11-9-10-16-22(19)24(25-23,20-12-5-3-6-13-20)21-14-7-4-8-15-21/h3-18,25H,1-2H3. The zero-order chi connectivity index (χ0) is 17.3. The molecule has 0 fully saturated rings. The van der Waals surface area contributed by atoms with Gasteiger partial charge in [0.15, 0.2) is 0 Å². The number of benzene rings is 3. The minimum Gasteiger partial charge on any atom is -0.291 e. The molecule has 1 N–H and O–H groups in total. The Labute approximate surface area is 150 Å². The number of rotatable bonds is 2. The fourth-order valence-corrected chi connectivity index (χ4v) is 3.87. The van der Waals surface area contributed by atoms with Crippen molar-refractivity contribution in [3.63, 3.8) is 0 Å². The molecule has 3 aromatic rings. The molecule has 0 saturated heterocycles. The van der Waals surface area contributed by atoms with Crippen LogP contribution in [0.3, 0.4) is 0 Å². The number of hydrogen-bond acceptors (Lipinski definition) is 1. The van der Waals surface area contributed by atoms with Crippen LogP contribution in [0.1, 0.15) is 36.1 Å². The summed E-state index contributed by atoms with van der Waals surface area (Å²) in [5.74, 6) is 0. The highest BCUT2D eigenvalue weighted by Gasteiger charge is 2.42. The molecule has 0 aromatic heterocycles. The van der Waals surface area contributed by atoms with Gasteiger partial charge in [-0.2, -0.15) is 0 Å². The van der Waals surface area contributed by atoms with E-state index in [-0.39, 0.29) is 5.54 Å². The van der Waals surface area contributed by atoms with E-state index in [0.29, 0.717) is 0 Å². The van der Waals surface area contributed by atoms with Crippen LogP contribution in [0.25, 0.3) is 6.08 Å². The number of nitrogens with one attached hydrogen (secondary N) is 1. The van der Waals surface area contributed by atoms with Gasteiger partial charge in [-0.15, -0.1) is 0 Å². The molecule has 0 saturated carbocycles. The molecule has 4 rings (SSSR count). The maximum atomic E-state index is 3.97. The summed E-state index contributed by atoms with van der Waals surface area (Å²) in [5, 5.41) is 3.97. The van der Waals surface area contributed by atoms with E-state index >= 15 is 0 Å². The molecule has 0 atom stereocenters. The van der Waals surface area contributed by atoms with E-state index in [4.69, 9.17) is 0 Å². The predicted molar refractivity (Wildman–Crippen MR) is 105 cm³/mol. The van der Waals surface area contributed by atoms with Crippen molar-refractivity contribution in [3.05, 3.63) is 113 Å². The third-order valence-corrected chi connectivity index (χ3v) is 4.97. The largest absolute Gasteiger partial charge is 0.291 e. The van der Waals surface area contributed by atoms with Crippen LogP contribution in [-0.4, -0.2) is 5.54 Å². The van der Waals surface area contributed by atoms with Crippen molar-refractivity contribution in [2.24, 2.45) is 0 Å². The summed E-state index contributed by atoms with van der Waals surface area (Å²) in [7, 11) is 0. The summed E-state index contributed by atoms with van der Waals surface area (Å²) in [6.07, 6.45) is 4.51. The van der Waals surface area contributed by atoms with Crippen molar-refractivity contribution >= 4 is 6.08 Å². The zero-order valence-corrected chi connectivity index (χ0v) is 14.7.